The highest BCUT2D eigenvalue weighted by Crippen LogP contribution is 2.28. The summed E-state index contributed by atoms with van der Waals surface area (Å²) in [5.41, 5.74) is 0.671. The third-order valence-electron chi connectivity index (χ3n) is 3.60. The second-order valence-corrected chi connectivity index (χ2v) is 5.69. The van der Waals surface area contributed by atoms with Crippen molar-refractivity contribution in [3.8, 4) is 11.5 Å². The van der Waals surface area contributed by atoms with Crippen molar-refractivity contribution in [1.82, 2.24) is 4.90 Å². The fraction of sp³-hybridized carbons (Fsp3) is 0.200. The topological polar surface area (TPSA) is 67.9 Å². The van der Waals surface area contributed by atoms with Gasteiger partial charge in [0.15, 0.2) is 11.5 Å². The van der Waals surface area contributed by atoms with Gasteiger partial charge >= 0.3 is 0 Å². The molecule has 2 aromatic carbocycles. The van der Waals surface area contributed by atoms with E-state index in [0.29, 0.717) is 29.4 Å². The van der Waals surface area contributed by atoms with Gasteiger partial charge in [-0.1, -0.05) is 18.7 Å². The van der Waals surface area contributed by atoms with Crippen molar-refractivity contribution in [2.45, 2.75) is 0 Å². The predicted molar refractivity (Wildman–Crippen MR) is 101 cm³/mol. The van der Waals surface area contributed by atoms with Crippen LogP contribution in [-0.4, -0.2) is 44.0 Å². The molecule has 2 aromatic rings. The first kappa shape index (κ1) is 20.0. The summed E-state index contributed by atoms with van der Waals surface area (Å²) in [4.78, 5) is 25.9. The van der Waals surface area contributed by atoms with Crippen LogP contribution in [0.4, 0.5) is 10.1 Å². The van der Waals surface area contributed by atoms with Crippen LogP contribution in [0.3, 0.4) is 0 Å². The molecule has 0 aromatic heterocycles. The maximum Gasteiger partial charge on any atom is 0.254 e. The van der Waals surface area contributed by atoms with Gasteiger partial charge in [-0.05, 0) is 36.4 Å². The van der Waals surface area contributed by atoms with E-state index < -0.39 is 11.7 Å². The molecule has 1 N–H and O–H groups in total. The molecule has 0 saturated heterocycles. The normalized spacial score (nSPS) is 10.0. The lowest BCUT2D eigenvalue weighted by atomic mass is 10.1. The molecule has 142 valence electrons. The monoisotopic (exact) mass is 372 g/mol. The Morgan fingerprint density at radius 3 is 2.67 bits per heavy atom. The van der Waals surface area contributed by atoms with Crippen LogP contribution >= 0.6 is 0 Å². The Morgan fingerprint density at radius 2 is 2.00 bits per heavy atom. The quantitative estimate of drug-likeness (QED) is 0.723. The zero-order valence-electron chi connectivity index (χ0n) is 15.2. The molecular formula is C20H21FN2O4. The van der Waals surface area contributed by atoms with Crippen molar-refractivity contribution < 1.29 is 23.5 Å². The van der Waals surface area contributed by atoms with E-state index in [0.717, 1.165) is 0 Å². The third-order valence-corrected chi connectivity index (χ3v) is 3.60. The number of methoxy groups -OCH3 is 1. The lowest BCUT2D eigenvalue weighted by molar-refractivity contribution is -0.116. The van der Waals surface area contributed by atoms with Crippen LogP contribution < -0.4 is 14.8 Å². The molecule has 2 rings (SSSR count). The Bertz CT molecular complexity index is 838. The number of nitrogens with one attached hydrogen (secondary N) is 1. The van der Waals surface area contributed by atoms with Crippen LogP contribution in [0.5, 0.6) is 11.5 Å². The molecule has 0 atom stereocenters. The molecule has 0 radical (unpaired) electrons. The number of halogens is 1. The van der Waals surface area contributed by atoms with Gasteiger partial charge in [0.25, 0.3) is 5.91 Å². The van der Waals surface area contributed by atoms with Gasteiger partial charge in [0.1, 0.15) is 12.4 Å². The molecule has 27 heavy (non-hydrogen) atoms. The molecule has 6 nitrogen and oxygen atoms in total. The lowest BCUT2D eigenvalue weighted by Gasteiger charge is -2.18. The molecule has 7 heteroatoms. The van der Waals surface area contributed by atoms with Gasteiger partial charge in [-0.3, -0.25) is 9.59 Å². The molecule has 0 aliphatic rings. The number of hydrogen-bond acceptors (Lipinski definition) is 4. The van der Waals surface area contributed by atoms with Crippen molar-refractivity contribution in [3.05, 3.63) is 66.5 Å². The van der Waals surface area contributed by atoms with E-state index in [1.165, 1.54) is 37.3 Å². The van der Waals surface area contributed by atoms with Gasteiger partial charge in [-0.2, -0.15) is 0 Å². The van der Waals surface area contributed by atoms with Gasteiger partial charge in [0, 0.05) is 18.3 Å². The number of carbonyl (C=O) groups is 2. The van der Waals surface area contributed by atoms with Gasteiger partial charge in [-0.15, -0.1) is 0 Å². The van der Waals surface area contributed by atoms with Crippen LogP contribution in [0.2, 0.25) is 0 Å². The van der Waals surface area contributed by atoms with Gasteiger partial charge < -0.3 is 19.7 Å². The first-order valence-corrected chi connectivity index (χ1v) is 8.17. The number of likely N-dealkylation sites (N-methyl/N-ethyl adjacent to an activating group) is 1. The molecule has 0 spiro atoms. The molecule has 0 saturated carbocycles. The Kier molecular flexibility index (Phi) is 6.93. The summed E-state index contributed by atoms with van der Waals surface area (Å²) in [5.74, 6) is -0.365. The van der Waals surface area contributed by atoms with Crippen LogP contribution in [-0.2, 0) is 4.79 Å². The van der Waals surface area contributed by atoms with Crippen molar-refractivity contribution in [1.29, 1.82) is 0 Å². The SMILES string of the molecule is C=CCOc1ccc(C(=O)N(C)CC(=O)Nc2cccc(F)c2)cc1OC. The van der Waals surface area contributed by atoms with Crippen molar-refractivity contribution >= 4 is 17.5 Å². The van der Waals surface area contributed by atoms with E-state index >= 15 is 0 Å². The maximum atomic E-state index is 13.2. The van der Waals surface area contributed by atoms with E-state index in [2.05, 4.69) is 11.9 Å². The van der Waals surface area contributed by atoms with Crippen LogP contribution in [0.1, 0.15) is 10.4 Å². The zero-order valence-corrected chi connectivity index (χ0v) is 15.2. The number of rotatable bonds is 8. The van der Waals surface area contributed by atoms with Crippen molar-refractivity contribution in [2.24, 2.45) is 0 Å². The van der Waals surface area contributed by atoms with Crippen LogP contribution in [0.15, 0.2) is 55.1 Å². The number of amides is 2. The van der Waals surface area contributed by atoms with E-state index in [9.17, 15) is 14.0 Å². The minimum atomic E-state index is -0.455. The standard InChI is InChI=1S/C20H21FN2O4/c1-4-10-27-17-9-8-14(11-18(17)26-3)20(25)23(2)13-19(24)22-16-7-5-6-15(21)12-16/h4-9,11-12H,1,10,13H2,2-3H3,(H,22,24). The number of carbonyl (C=O) groups excluding carboxylic acids is 2. The number of benzene rings is 2. The van der Waals surface area contributed by atoms with E-state index in [1.807, 2.05) is 0 Å². The number of hydrogen-bond donors (Lipinski definition) is 1. The third kappa shape index (κ3) is 5.57. The van der Waals surface area contributed by atoms with Gasteiger partial charge in [0.05, 0.1) is 13.7 Å². The molecule has 0 unspecified atom stereocenters. The zero-order chi connectivity index (χ0) is 19.8. The van der Waals surface area contributed by atoms with Crippen LogP contribution in [0.25, 0.3) is 0 Å². The average Bonchev–Trinajstić information content (AvgIpc) is 2.65. The summed E-state index contributed by atoms with van der Waals surface area (Å²) in [6, 6.07) is 10.3. The van der Waals surface area contributed by atoms with Crippen molar-refractivity contribution in [3.63, 3.8) is 0 Å². The molecule has 0 bridgehead atoms. The summed E-state index contributed by atoms with van der Waals surface area (Å²) in [7, 11) is 2.97. The van der Waals surface area contributed by atoms with Crippen molar-refractivity contribution in [2.75, 3.05) is 32.6 Å². The van der Waals surface area contributed by atoms with E-state index in [4.69, 9.17) is 9.47 Å². The Hall–Kier alpha value is -3.35. The number of nitrogens with zero attached hydrogens (tertiary/aromatic N) is 1. The highest BCUT2D eigenvalue weighted by molar-refractivity contribution is 5.99. The minimum Gasteiger partial charge on any atom is -0.493 e. The minimum absolute atomic E-state index is 0.188. The lowest BCUT2D eigenvalue weighted by Crippen LogP contribution is -2.34. The molecular weight excluding hydrogens is 351 g/mol. The Balaban J connectivity index is 2.03. The van der Waals surface area contributed by atoms with E-state index in [1.54, 1.807) is 30.3 Å². The average molecular weight is 372 g/mol. The first-order chi connectivity index (χ1) is 12.9. The predicted octanol–water partition coefficient (Wildman–Crippen LogP) is 3.11. The highest BCUT2D eigenvalue weighted by atomic mass is 19.1. The van der Waals surface area contributed by atoms with Crippen LogP contribution in [0, 0.1) is 5.82 Å². The Labute approximate surface area is 157 Å². The Morgan fingerprint density at radius 1 is 1.22 bits per heavy atom. The second-order valence-electron chi connectivity index (χ2n) is 5.69. The summed E-state index contributed by atoms with van der Waals surface area (Å²) in [5, 5.41) is 2.55. The molecule has 0 heterocycles. The largest absolute Gasteiger partial charge is 0.493 e. The first-order valence-electron chi connectivity index (χ1n) is 8.17. The number of ether oxygens (including phenoxy) is 2. The van der Waals surface area contributed by atoms with Gasteiger partial charge in [-0.25, -0.2) is 4.39 Å². The molecule has 0 fully saturated rings. The smallest absolute Gasteiger partial charge is 0.254 e. The summed E-state index contributed by atoms with van der Waals surface area (Å²) < 4.78 is 23.9. The fourth-order valence-electron chi connectivity index (χ4n) is 2.34. The highest BCUT2D eigenvalue weighted by Gasteiger charge is 2.17. The molecule has 0 aliphatic heterocycles. The molecule has 2 amide bonds. The maximum absolute atomic E-state index is 13.2. The van der Waals surface area contributed by atoms with Gasteiger partial charge in [0.2, 0.25) is 5.91 Å². The second kappa shape index (κ2) is 9.38. The number of anilines is 1. The molecule has 0 aliphatic carbocycles. The summed E-state index contributed by atoms with van der Waals surface area (Å²) in [6.07, 6.45) is 1.60. The summed E-state index contributed by atoms with van der Waals surface area (Å²) >= 11 is 0. The van der Waals surface area contributed by atoms with E-state index in [-0.39, 0.29) is 12.5 Å². The fourth-order valence-corrected chi connectivity index (χ4v) is 2.34. The summed E-state index contributed by atoms with van der Waals surface area (Å²) in [6.45, 7) is 3.70.